The highest BCUT2D eigenvalue weighted by molar-refractivity contribution is 7.88. The van der Waals surface area contributed by atoms with E-state index in [-0.39, 0.29) is 11.9 Å². The van der Waals surface area contributed by atoms with Crippen LogP contribution in [-0.2, 0) is 26.1 Å². The predicted molar refractivity (Wildman–Crippen MR) is 105 cm³/mol. The number of hydrogen-bond donors (Lipinski definition) is 0. The molecule has 9 nitrogen and oxygen atoms in total. The third-order valence-corrected chi connectivity index (χ3v) is 6.77. The molecule has 3 heterocycles. The molecule has 0 N–H and O–H groups in total. The molecule has 158 valence electrons. The fourth-order valence-electron chi connectivity index (χ4n) is 3.90. The normalized spacial score (nSPS) is 21.9. The van der Waals surface area contributed by atoms with Crippen LogP contribution in [0.4, 0.5) is 0 Å². The van der Waals surface area contributed by atoms with Gasteiger partial charge in [-0.2, -0.15) is 9.40 Å². The van der Waals surface area contributed by atoms with Gasteiger partial charge in [0.2, 0.25) is 15.9 Å². The summed E-state index contributed by atoms with van der Waals surface area (Å²) in [7, 11) is -3.34. The zero-order chi connectivity index (χ0) is 20.0. The van der Waals surface area contributed by atoms with Gasteiger partial charge in [-0.15, -0.1) is 0 Å². The molecule has 0 aliphatic carbocycles. The Hall–Kier alpha value is -1.49. The summed E-state index contributed by atoms with van der Waals surface area (Å²) in [6.45, 7) is 5.91. The van der Waals surface area contributed by atoms with Crippen LogP contribution in [0, 0.1) is 0 Å². The quantitative estimate of drug-likeness (QED) is 0.589. The molecule has 3 rings (SSSR count). The molecule has 1 amide bonds. The number of likely N-dealkylation sites (tertiary alicyclic amines) is 1. The first-order valence-electron chi connectivity index (χ1n) is 9.95. The molecule has 2 saturated heterocycles. The maximum Gasteiger partial charge on any atom is 0.224 e. The highest BCUT2D eigenvalue weighted by Crippen LogP contribution is 2.19. The van der Waals surface area contributed by atoms with Gasteiger partial charge >= 0.3 is 0 Å². The number of amides is 1. The Balaban J connectivity index is 1.56. The fraction of sp³-hybridized carbons (Fsp3) is 0.778. The SMILES string of the molecule is CS(=O)(=O)N(CCN1CCOCC1)C1CCCN(C(=O)CCn2cccn2)C1. The van der Waals surface area contributed by atoms with Crippen molar-refractivity contribution < 1.29 is 17.9 Å². The third kappa shape index (κ3) is 6.00. The van der Waals surface area contributed by atoms with E-state index in [0.29, 0.717) is 52.4 Å². The van der Waals surface area contributed by atoms with E-state index in [9.17, 15) is 13.2 Å². The summed E-state index contributed by atoms with van der Waals surface area (Å²) in [4.78, 5) is 16.7. The van der Waals surface area contributed by atoms with Crippen molar-refractivity contribution in [3.63, 3.8) is 0 Å². The first kappa shape index (κ1) is 21.2. The van der Waals surface area contributed by atoms with E-state index in [0.717, 1.165) is 25.9 Å². The van der Waals surface area contributed by atoms with E-state index in [1.807, 2.05) is 17.2 Å². The van der Waals surface area contributed by atoms with E-state index in [4.69, 9.17) is 4.74 Å². The van der Waals surface area contributed by atoms with Crippen LogP contribution in [0.5, 0.6) is 0 Å². The molecule has 1 unspecified atom stereocenters. The van der Waals surface area contributed by atoms with E-state index in [1.165, 1.54) is 6.26 Å². The smallest absolute Gasteiger partial charge is 0.224 e. The first-order valence-corrected chi connectivity index (χ1v) is 11.8. The van der Waals surface area contributed by atoms with E-state index in [1.54, 1.807) is 15.2 Å². The average molecular weight is 414 g/mol. The molecule has 1 aromatic rings. The highest BCUT2D eigenvalue weighted by atomic mass is 32.2. The minimum absolute atomic E-state index is 0.0573. The van der Waals surface area contributed by atoms with Gasteiger partial charge in [0.1, 0.15) is 0 Å². The molecule has 0 bridgehead atoms. The molecular weight excluding hydrogens is 382 g/mol. The monoisotopic (exact) mass is 413 g/mol. The van der Waals surface area contributed by atoms with Gasteiger partial charge in [-0.3, -0.25) is 14.4 Å². The largest absolute Gasteiger partial charge is 0.379 e. The van der Waals surface area contributed by atoms with Gasteiger partial charge in [0.25, 0.3) is 0 Å². The summed E-state index contributed by atoms with van der Waals surface area (Å²) in [5.74, 6) is 0.0573. The number of carbonyl (C=O) groups is 1. The summed E-state index contributed by atoms with van der Waals surface area (Å²) < 4.78 is 33.5. The number of rotatable bonds is 8. The van der Waals surface area contributed by atoms with Crippen molar-refractivity contribution in [2.24, 2.45) is 0 Å². The van der Waals surface area contributed by atoms with Crippen LogP contribution in [-0.4, -0.2) is 103 Å². The van der Waals surface area contributed by atoms with Crippen LogP contribution >= 0.6 is 0 Å². The number of carbonyl (C=O) groups excluding carboxylic acids is 1. The molecule has 2 aliphatic rings. The van der Waals surface area contributed by atoms with E-state index >= 15 is 0 Å². The lowest BCUT2D eigenvalue weighted by Gasteiger charge is -2.39. The number of nitrogens with zero attached hydrogens (tertiary/aromatic N) is 5. The third-order valence-electron chi connectivity index (χ3n) is 5.44. The van der Waals surface area contributed by atoms with Crippen molar-refractivity contribution in [1.29, 1.82) is 0 Å². The first-order chi connectivity index (χ1) is 13.4. The maximum atomic E-state index is 12.6. The van der Waals surface area contributed by atoms with Crippen molar-refractivity contribution in [2.45, 2.75) is 31.8 Å². The molecule has 0 aromatic carbocycles. The van der Waals surface area contributed by atoms with Crippen LogP contribution in [0.3, 0.4) is 0 Å². The Kier molecular flexibility index (Phi) is 7.44. The second-order valence-electron chi connectivity index (χ2n) is 7.48. The number of aromatic nitrogens is 2. The Bertz CT molecular complexity index is 718. The second-order valence-corrected chi connectivity index (χ2v) is 9.42. The van der Waals surface area contributed by atoms with Gasteiger partial charge in [-0.25, -0.2) is 8.42 Å². The van der Waals surface area contributed by atoms with E-state index < -0.39 is 10.0 Å². The highest BCUT2D eigenvalue weighted by Gasteiger charge is 2.32. The van der Waals surface area contributed by atoms with Gasteiger partial charge in [0.05, 0.1) is 19.5 Å². The number of morpholine rings is 1. The number of sulfonamides is 1. The zero-order valence-corrected chi connectivity index (χ0v) is 17.4. The standard InChI is InChI=1S/C18H31N5O4S/c1-28(25,26)23(11-10-20-12-14-27-15-13-20)17-4-2-7-21(16-17)18(24)5-9-22-8-3-6-19-22/h3,6,8,17H,2,4-5,7,9-16H2,1H3. The van der Waals surface area contributed by atoms with Crippen molar-refractivity contribution in [1.82, 2.24) is 23.9 Å². The Morgan fingerprint density at radius 2 is 2.04 bits per heavy atom. The van der Waals surface area contributed by atoms with Gasteiger partial charge in [-0.1, -0.05) is 0 Å². The number of hydrogen-bond acceptors (Lipinski definition) is 6. The summed E-state index contributed by atoms with van der Waals surface area (Å²) in [5, 5.41) is 4.12. The van der Waals surface area contributed by atoms with Gasteiger partial charge in [0.15, 0.2) is 0 Å². The molecule has 10 heteroatoms. The minimum atomic E-state index is -3.34. The number of piperidine rings is 1. The molecule has 2 fully saturated rings. The second kappa shape index (κ2) is 9.82. The molecule has 0 spiro atoms. The molecule has 28 heavy (non-hydrogen) atoms. The van der Waals surface area contributed by atoms with Gasteiger partial charge in [0, 0.05) is 70.7 Å². The molecule has 0 saturated carbocycles. The molecule has 0 radical (unpaired) electrons. The molecule has 2 aliphatic heterocycles. The fourth-order valence-corrected chi connectivity index (χ4v) is 5.03. The maximum absolute atomic E-state index is 12.6. The van der Waals surface area contributed by atoms with Gasteiger partial charge in [-0.05, 0) is 18.9 Å². The summed E-state index contributed by atoms with van der Waals surface area (Å²) in [6.07, 6.45) is 6.79. The number of aryl methyl sites for hydroxylation is 1. The van der Waals surface area contributed by atoms with Crippen LogP contribution in [0.1, 0.15) is 19.3 Å². The predicted octanol–water partition coefficient (Wildman–Crippen LogP) is -0.142. The molecule has 1 aromatic heterocycles. The summed E-state index contributed by atoms with van der Waals surface area (Å²) in [5.41, 5.74) is 0. The lowest BCUT2D eigenvalue weighted by Crippen LogP contribution is -2.53. The Morgan fingerprint density at radius 1 is 1.25 bits per heavy atom. The zero-order valence-electron chi connectivity index (χ0n) is 16.6. The lowest BCUT2D eigenvalue weighted by atomic mass is 10.1. The summed E-state index contributed by atoms with van der Waals surface area (Å²) >= 11 is 0. The Morgan fingerprint density at radius 3 is 2.71 bits per heavy atom. The van der Waals surface area contributed by atoms with Gasteiger partial charge < -0.3 is 9.64 Å². The molecular formula is C18H31N5O4S. The van der Waals surface area contributed by atoms with Crippen LogP contribution < -0.4 is 0 Å². The van der Waals surface area contributed by atoms with Crippen molar-refractivity contribution in [2.75, 3.05) is 58.7 Å². The van der Waals surface area contributed by atoms with Crippen molar-refractivity contribution in [3.8, 4) is 0 Å². The van der Waals surface area contributed by atoms with Crippen LogP contribution in [0.15, 0.2) is 18.5 Å². The molecule has 1 atom stereocenters. The van der Waals surface area contributed by atoms with Crippen molar-refractivity contribution in [3.05, 3.63) is 18.5 Å². The lowest BCUT2D eigenvalue weighted by molar-refractivity contribution is -0.133. The topological polar surface area (TPSA) is 88.0 Å². The van der Waals surface area contributed by atoms with Crippen LogP contribution in [0.2, 0.25) is 0 Å². The van der Waals surface area contributed by atoms with Crippen LogP contribution in [0.25, 0.3) is 0 Å². The summed E-state index contributed by atoms with van der Waals surface area (Å²) in [6, 6.07) is 1.68. The van der Waals surface area contributed by atoms with Crippen molar-refractivity contribution >= 4 is 15.9 Å². The minimum Gasteiger partial charge on any atom is -0.379 e. The van der Waals surface area contributed by atoms with E-state index in [2.05, 4.69) is 10.00 Å². The number of ether oxygens (including phenoxy) is 1. The average Bonchev–Trinajstić information content (AvgIpc) is 3.20. The Labute approximate surface area is 167 Å².